The Kier molecular flexibility index (Phi) is 37.3. The molecule has 2 saturated heterocycles. The maximum atomic E-state index is 15.4. The van der Waals surface area contributed by atoms with E-state index in [0.29, 0.717) is 12.8 Å². The molecule has 3 N–H and O–H groups in total. The molecule has 18 atom stereocenters. The Hall–Kier alpha value is -14.0. The normalized spacial score (nSPS) is 19.7. The van der Waals surface area contributed by atoms with E-state index in [4.69, 9.17) is 85.3 Å². The average molecular weight is 1840 g/mol. The van der Waals surface area contributed by atoms with Gasteiger partial charge in [-0.2, -0.15) is 0 Å². The van der Waals surface area contributed by atoms with Gasteiger partial charge in [-0.05, 0) is 142 Å². The molecule has 32 heteroatoms. The Labute approximate surface area is 771 Å². The zero-order chi connectivity index (χ0) is 94.7. The van der Waals surface area contributed by atoms with Gasteiger partial charge in [0.25, 0.3) is 0 Å². The van der Waals surface area contributed by atoms with Crippen LogP contribution in [0.5, 0.6) is 0 Å². The van der Waals surface area contributed by atoms with Crippen LogP contribution in [-0.2, 0) is 90.1 Å². The molecule has 2 aliphatic rings. The lowest BCUT2D eigenvalue weighted by Crippen LogP contribution is -2.69. The van der Waals surface area contributed by atoms with Crippen LogP contribution in [0.1, 0.15) is 144 Å². The fourth-order valence-corrected chi connectivity index (χ4v) is 13.9. The van der Waals surface area contributed by atoms with Crippen LogP contribution in [0.2, 0.25) is 0 Å². The van der Waals surface area contributed by atoms with E-state index in [-0.39, 0.29) is 62.2 Å². The van der Waals surface area contributed by atoms with E-state index >= 15 is 9.59 Å². The van der Waals surface area contributed by atoms with Crippen molar-refractivity contribution in [2.24, 2.45) is 0 Å². The fourth-order valence-electron chi connectivity index (χ4n) is 13.9. The van der Waals surface area contributed by atoms with Crippen LogP contribution < -0.4 is 5.32 Å². The summed E-state index contributed by atoms with van der Waals surface area (Å²) in [5, 5.41) is 27.1. The van der Waals surface area contributed by atoms with E-state index in [1.807, 2.05) is 6.92 Å². The lowest BCUT2D eigenvalue weighted by molar-refractivity contribution is -0.349. The molecule has 10 aromatic rings. The molecule has 12 rings (SSSR count). The summed E-state index contributed by atoms with van der Waals surface area (Å²) in [6, 6.07) is 74.7. The zero-order valence-corrected chi connectivity index (χ0v) is 73.4. The molecule has 2 aliphatic heterocycles. The zero-order valence-electron chi connectivity index (χ0n) is 73.4. The number of hydrogen-bond donors (Lipinski definition) is 3. The highest BCUT2D eigenvalue weighted by Gasteiger charge is 2.56. The van der Waals surface area contributed by atoms with Gasteiger partial charge in [0.2, 0.25) is 5.91 Å². The van der Waals surface area contributed by atoms with E-state index in [9.17, 15) is 53.4 Å². The second-order valence-electron chi connectivity index (χ2n) is 30.8. The van der Waals surface area contributed by atoms with Gasteiger partial charge in [0.05, 0.1) is 68.3 Å². The van der Waals surface area contributed by atoms with E-state index in [0.717, 1.165) is 6.92 Å². The highest BCUT2D eigenvalue weighted by atomic mass is 16.8. The smallest absolute Gasteiger partial charge is 0.338 e. The minimum absolute atomic E-state index is 0.00285. The molecule has 0 radical (unpaired) electrons. The summed E-state index contributed by atoms with van der Waals surface area (Å²) < 4.78 is 116. The van der Waals surface area contributed by atoms with Gasteiger partial charge >= 0.3 is 59.7 Å². The lowest BCUT2D eigenvalue weighted by Gasteiger charge is -2.48. The van der Waals surface area contributed by atoms with Gasteiger partial charge in [-0.1, -0.05) is 195 Å². The van der Waals surface area contributed by atoms with Gasteiger partial charge < -0.3 is 101 Å². The van der Waals surface area contributed by atoms with Crippen LogP contribution >= 0.6 is 0 Å². The van der Waals surface area contributed by atoms with Gasteiger partial charge in [0, 0.05) is 13.5 Å². The van der Waals surface area contributed by atoms with E-state index in [1.165, 1.54) is 172 Å². The largest absolute Gasteiger partial charge is 0.459 e. The summed E-state index contributed by atoms with van der Waals surface area (Å²) in [4.78, 5) is 159. The first-order valence-corrected chi connectivity index (χ1v) is 43.3. The Morgan fingerprint density at radius 3 is 1.02 bits per heavy atom. The average Bonchev–Trinajstić information content (AvgIpc) is 0.763. The summed E-state index contributed by atoms with van der Waals surface area (Å²) >= 11 is 0. The quantitative estimate of drug-likeness (QED) is 0.0138. The number of ether oxygens (including phenoxy) is 18. The molecule has 134 heavy (non-hydrogen) atoms. The van der Waals surface area contributed by atoms with Crippen LogP contribution in [0.3, 0.4) is 0 Å². The third-order valence-electron chi connectivity index (χ3n) is 21.1. The molecule has 1 amide bonds. The molecule has 0 aliphatic carbocycles. The topological polar surface area (TPSA) is 406 Å². The molecular formula is C102H101NO31. The second-order valence-corrected chi connectivity index (χ2v) is 30.8. The van der Waals surface area contributed by atoms with Crippen molar-refractivity contribution in [2.45, 2.75) is 151 Å². The third-order valence-corrected chi connectivity index (χ3v) is 21.1. The highest BCUT2D eigenvalue weighted by Crippen LogP contribution is 2.36. The van der Waals surface area contributed by atoms with Crippen LogP contribution in [0.15, 0.2) is 303 Å². The molecule has 700 valence electrons. The van der Waals surface area contributed by atoms with Gasteiger partial charge in [-0.3, -0.25) is 4.79 Å². The van der Waals surface area contributed by atoms with Crippen LogP contribution in [-0.4, -0.2) is 233 Å². The summed E-state index contributed by atoms with van der Waals surface area (Å²) in [6.07, 6.45) is -31.9. The van der Waals surface area contributed by atoms with Crippen LogP contribution in [0, 0.1) is 0 Å². The van der Waals surface area contributed by atoms with Crippen LogP contribution in [0.4, 0.5) is 0 Å². The molecule has 32 nitrogen and oxygen atoms in total. The van der Waals surface area contributed by atoms with Crippen LogP contribution in [0.25, 0.3) is 0 Å². The molecule has 0 saturated carbocycles. The third kappa shape index (κ3) is 28.7. The number of unbranched alkanes of at least 4 members (excludes halogenated alkanes) is 1. The Balaban J connectivity index is 1.00. The van der Waals surface area contributed by atoms with Gasteiger partial charge in [-0.15, -0.1) is 0 Å². The van der Waals surface area contributed by atoms with Crippen molar-refractivity contribution in [3.05, 3.63) is 359 Å². The van der Waals surface area contributed by atoms with Crippen molar-refractivity contribution in [3.63, 3.8) is 0 Å². The number of carbonyl (C=O) groups is 11. The molecule has 2 fully saturated rings. The number of carbonyl (C=O) groups excluding carboxylic acids is 11. The number of aliphatic hydroxyl groups excluding tert-OH is 2. The summed E-state index contributed by atoms with van der Waals surface area (Å²) in [5.74, 6) is -10.6. The number of benzene rings is 10. The number of amides is 1. The number of aliphatic hydroxyl groups is 2. The molecule has 6 unspecified atom stereocenters. The lowest BCUT2D eigenvalue weighted by atomic mass is 9.94. The predicted molar refractivity (Wildman–Crippen MR) is 474 cm³/mol. The molecule has 0 bridgehead atoms. The monoisotopic (exact) mass is 1840 g/mol. The van der Waals surface area contributed by atoms with Crippen molar-refractivity contribution in [1.29, 1.82) is 0 Å². The predicted octanol–water partition coefficient (Wildman–Crippen LogP) is 12.1. The number of esters is 10. The summed E-state index contributed by atoms with van der Waals surface area (Å²) in [5.41, 5.74) is 0.153. The van der Waals surface area contributed by atoms with Crippen molar-refractivity contribution < 1.29 is 148 Å². The fraction of sp³-hybridized carbons (Fsp3) is 0.304. The summed E-state index contributed by atoms with van der Waals surface area (Å²) in [7, 11) is 0. The van der Waals surface area contributed by atoms with E-state index in [1.54, 1.807) is 146 Å². The first kappa shape index (κ1) is 99.0. The van der Waals surface area contributed by atoms with Crippen molar-refractivity contribution in [1.82, 2.24) is 5.32 Å². The number of hydrogen-bond acceptors (Lipinski definition) is 31. The van der Waals surface area contributed by atoms with Crippen molar-refractivity contribution in [3.8, 4) is 0 Å². The van der Waals surface area contributed by atoms with Gasteiger partial charge in [0.15, 0.2) is 49.6 Å². The van der Waals surface area contributed by atoms with Gasteiger partial charge in [0.1, 0.15) is 87.9 Å². The Morgan fingerprint density at radius 1 is 0.328 bits per heavy atom. The first-order valence-electron chi connectivity index (χ1n) is 43.3. The Morgan fingerprint density at radius 2 is 0.642 bits per heavy atom. The maximum Gasteiger partial charge on any atom is 0.338 e. The van der Waals surface area contributed by atoms with Crippen molar-refractivity contribution >= 4 is 65.6 Å². The molecule has 0 spiro atoms. The first-order chi connectivity index (χ1) is 65.0. The SMILES string of the molecule is CCCCO[C@H](OC(COC(=O)c1ccccc1)[C@H](C)O[C@H](OC(COC(=O)c1ccccc1)[C@@H](C)OC(=O)c1ccccc1)[C@H](CO[C@@H]1OC(COC(=O)c2ccccc2)[C@@H](O[C@@H]2OC(COC(=O)c3ccccc3)[C@H](O)C(O)[C@@H]2OC(=O)c2ccccc2)C(OC(=O)c2ccccc2)[C@@H]1NC(C)=O)OC(=O)c1ccccc1)[C@H](COC(=O)c1ccccc1)OC(=O)c1ccccc1. The summed E-state index contributed by atoms with van der Waals surface area (Å²) in [6.45, 7) is 0.447. The Bertz CT molecular complexity index is 5410. The standard InChI is InChI=1S/C102H101NO31/c1-5-6-57-117-99(81(126-95(113)73-49-29-13-30-50-73)62-122-93(111)71-45-25-11-26-46-71)128-78(59-119-90(108)68-39-19-8-20-40-68)65(3)125-100(129-77(58-118-89(107)67-37-17-7-18-38-67)64(2)124-94(112)72-47-27-12-28-48-72)82(127-96(114)74-51-31-14-32-52-74)63-123-101-83(103-66(4)104)87(132-97(115)75-53-33-15-34-54-75)86(80(131-101)61-121-92(110)70-43-23-10-24-44-70)134-102-88(133-98(116)76-55-35-16-36-56-76)85(106)84(105)79(130-102)60-120-91(109)69-41-21-9-22-42-69/h7-56,64-65,77-88,99-102,105-106H,5-6,57-63H2,1-4H3,(H,103,104)/t64-,65+,77?,78?,79?,80?,81+,82+,83+,84+,85?,86-,87?,88+,99-,100-,101-,102+/m1/s1. The van der Waals surface area contributed by atoms with E-state index in [2.05, 4.69) is 5.32 Å². The van der Waals surface area contributed by atoms with E-state index < -0.39 is 216 Å². The minimum atomic E-state index is -2.25. The molecule has 10 aromatic carbocycles. The highest BCUT2D eigenvalue weighted by molar-refractivity contribution is 5.94. The molecular weight excluding hydrogens is 1740 g/mol. The van der Waals surface area contributed by atoms with Gasteiger partial charge in [-0.25, -0.2) is 47.9 Å². The minimum Gasteiger partial charge on any atom is -0.459 e. The molecule has 2 heterocycles. The molecule has 0 aromatic heterocycles. The number of rotatable bonds is 45. The number of nitrogens with one attached hydrogen (secondary N) is 1. The second kappa shape index (κ2) is 50.6. The maximum absolute atomic E-state index is 15.4. The van der Waals surface area contributed by atoms with Crippen molar-refractivity contribution in [2.75, 3.05) is 46.2 Å².